The average molecular weight is 340 g/mol. The Morgan fingerprint density at radius 2 is 2.16 bits per heavy atom. The third-order valence-corrected chi connectivity index (χ3v) is 3.08. The minimum atomic E-state index is -2.83. The topological polar surface area (TPSA) is 67.2 Å². The maximum absolute atomic E-state index is 12.1. The molecule has 1 atom stereocenters. The van der Waals surface area contributed by atoms with Gasteiger partial charge in [-0.05, 0) is 21.8 Å². The van der Waals surface area contributed by atoms with Crippen LogP contribution in [0, 0.1) is 5.92 Å². The van der Waals surface area contributed by atoms with Crippen molar-refractivity contribution in [3.63, 3.8) is 0 Å². The van der Waals surface area contributed by atoms with E-state index in [-0.39, 0.29) is 28.2 Å². The van der Waals surface area contributed by atoms with Gasteiger partial charge >= 0.3 is 0 Å². The predicted octanol–water partition coefficient (Wildman–Crippen LogP) is 1.70. The maximum Gasteiger partial charge on any atom is 0.283 e. The molecule has 8 heteroatoms. The highest BCUT2D eigenvalue weighted by Crippen LogP contribution is 2.16. The molecule has 0 fully saturated rings. The number of anilines is 1. The van der Waals surface area contributed by atoms with Crippen molar-refractivity contribution in [1.29, 1.82) is 0 Å². The maximum atomic E-state index is 12.1. The molecule has 1 rings (SSSR count). The van der Waals surface area contributed by atoms with E-state index in [9.17, 15) is 13.6 Å². The lowest BCUT2D eigenvalue weighted by molar-refractivity contribution is 0.00383. The second-order valence-corrected chi connectivity index (χ2v) is 5.33. The lowest BCUT2D eigenvalue weighted by atomic mass is 10.2. The minimum absolute atomic E-state index is 0.213. The molecule has 5 nitrogen and oxygen atoms in total. The van der Waals surface area contributed by atoms with Crippen LogP contribution in [0.15, 0.2) is 15.5 Å². The second kappa shape index (κ2) is 6.95. The summed E-state index contributed by atoms with van der Waals surface area (Å²) in [5.74, 6) is 0.261. The van der Waals surface area contributed by atoms with Gasteiger partial charge in [-0.3, -0.25) is 4.79 Å². The molecule has 0 aliphatic carbocycles. The quantitative estimate of drug-likeness (QED) is 0.827. The van der Waals surface area contributed by atoms with Gasteiger partial charge in [0.1, 0.15) is 10.6 Å². The van der Waals surface area contributed by atoms with Gasteiger partial charge < -0.3 is 10.4 Å². The summed E-state index contributed by atoms with van der Waals surface area (Å²) in [6, 6.07) is 0. The smallest absolute Gasteiger partial charge is 0.283 e. The molecule has 1 unspecified atom stereocenters. The van der Waals surface area contributed by atoms with Gasteiger partial charge in [0.05, 0.1) is 11.9 Å². The van der Waals surface area contributed by atoms with Gasteiger partial charge in [-0.25, -0.2) is 13.5 Å². The Hall–Kier alpha value is -1.02. The van der Waals surface area contributed by atoms with E-state index < -0.39 is 12.5 Å². The van der Waals surface area contributed by atoms with Crippen molar-refractivity contribution in [2.24, 2.45) is 5.92 Å². The van der Waals surface area contributed by atoms with Crippen molar-refractivity contribution >= 4 is 21.6 Å². The van der Waals surface area contributed by atoms with Gasteiger partial charge in [-0.2, -0.15) is 5.10 Å². The first-order chi connectivity index (χ1) is 8.82. The highest BCUT2D eigenvalue weighted by molar-refractivity contribution is 9.10. The van der Waals surface area contributed by atoms with Crippen LogP contribution >= 0.6 is 15.9 Å². The molecular weight excluding hydrogens is 324 g/mol. The molecule has 0 radical (unpaired) electrons. The Morgan fingerprint density at radius 3 is 2.68 bits per heavy atom. The molecule has 0 aliphatic heterocycles. The van der Waals surface area contributed by atoms with Crippen LogP contribution < -0.4 is 10.9 Å². The number of nitrogens with zero attached hydrogens (tertiary/aromatic N) is 2. The predicted molar refractivity (Wildman–Crippen MR) is 71.5 cm³/mol. The Labute approximate surface area is 117 Å². The van der Waals surface area contributed by atoms with Crippen LogP contribution in [-0.2, 0) is 6.54 Å². The number of alkyl halides is 2. The van der Waals surface area contributed by atoms with Crippen molar-refractivity contribution in [1.82, 2.24) is 9.78 Å². The van der Waals surface area contributed by atoms with E-state index in [2.05, 4.69) is 26.3 Å². The van der Waals surface area contributed by atoms with Crippen LogP contribution in [0.1, 0.15) is 13.8 Å². The highest BCUT2D eigenvalue weighted by Gasteiger charge is 2.17. The highest BCUT2D eigenvalue weighted by atomic mass is 79.9. The average Bonchev–Trinajstić information content (AvgIpc) is 2.33. The summed E-state index contributed by atoms with van der Waals surface area (Å²) in [6.07, 6.45) is -3.25. The lowest BCUT2D eigenvalue weighted by Gasteiger charge is -2.14. The molecule has 108 valence electrons. The van der Waals surface area contributed by atoms with E-state index in [1.807, 2.05) is 13.8 Å². The minimum Gasteiger partial charge on any atom is -0.385 e. The zero-order valence-corrected chi connectivity index (χ0v) is 12.2. The molecule has 0 aromatic carbocycles. The summed E-state index contributed by atoms with van der Waals surface area (Å²) < 4.78 is 25.8. The number of halogens is 3. The summed E-state index contributed by atoms with van der Waals surface area (Å²) in [5, 5.41) is 15.5. The van der Waals surface area contributed by atoms with E-state index in [1.165, 1.54) is 10.9 Å². The first-order valence-electron chi connectivity index (χ1n) is 5.78. The van der Waals surface area contributed by atoms with Gasteiger partial charge in [0.2, 0.25) is 0 Å². The molecular formula is C11H16BrF2N3O2. The number of rotatable bonds is 6. The van der Waals surface area contributed by atoms with Crippen LogP contribution in [0.4, 0.5) is 14.5 Å². The normalized spacial score (nSPS) is 13.1. The fourth-order valence-electron chi connectivity index (χ4n) is 1.37. The summed E-state index contributed by atoms with van der Waals surface area (Å²) in [4.78, 5) is 11.9. The number of aliphatic hydroxyl groups is 1. The van der Waals surface area contributed by atoms with Crippen molar-refractivity contribution in [3.8, 4) is 0 Å². The Kier molecular flexibility index (Phi) is 5.86. The summed E-state index contributed by atoms with van der Waals surface area (Å²) in [6.45, 7) is 4.02. The number of hydrogen-bond acceptors (Lipinski definition) is 4. The van der Waals surface area contributed by atoms with Crippen molar-refractivity contribution in [2.75, 3.05) is 11.9 Å². The van der Waals surface area contributed by atoms with Gasteiger partial charge in [0, 0.05) is 13.1 Å². The van der Waals surface area contributed by atoms with Crippen LogP contribution in [0.3, 0.4) is 0 Å². The van der Waals surface area contributed by atoms with Crippen LogP contribution in [0.2, 0.25) is 0 Å². The molecule has 2 N–H and O–H groups in total. The van der Waals surface area contributed by atoms with Crippen molar-refractivity contribution in [3.05, 3.63) is 21.0 Å². The van der Waals surface area contributed by atoms with Gasteiger partial charge in [-0.15, -0.1) is 0 Å². The fourth-order valence-corrected chi connectivity index (χ4v) is 1.82. The van der Waals surface area contributed by atoms with E-state index in [1.54, 1.807) is 0 Å². The molecule has 0 amide bonds. The first kappa shape index (κ1) is 16.0. The summed E-state index contributed by atoms with van der Waals surface area (Å²) >= 11 is 3.10. The number of aromatic nitrogens is 2. The second-order valence-electron chi connectivity index (χ2n) is 4.54. The fraction of sp³-hybridized carbons (Fsp3) is 0.636. The zero-order valence-electron chi connectivity index (χ0n) is 10.6. The van der Waals surface area contributed by atoms with E-state index in [0.717, 1.165) is 0 Å². The van der Waals surface area contributed by atoms with Crippen LogP contribution in [0.25, 0.3) is 0 Å². The van der Waals surface area contributed by atoms with Crippen molar-refractivity contribution in [2.45, 2.75) is 32.9 Å². The molecule has 1 aromatic rings. The van der Waals surface area contributed by atoms with Crippen LogP contribution in [0.5, 0.6) is 0 Å². The van der Waals surface area contributed by atoms with Crippen LogP contribution in [-0.4, -0.2) is 34.0 Å². The molecule has 19 heavy (non-hydrogen) atoms. The van der Waals surface area contributed by atoms with Gasteiger partial charge in [-0.1, -0.05) is 13.8 Å². The molecule has 0 saturated carbocycles. The molecule has 1 heterocycles. The largest absolute Gasteiger partial charge is 0.385 e. The van der Waals surface area contributed by atoms with Crippen molar-refractivity contribution < 1.29 is 13.9 Å². The Balaban J connectivity index is 2.82. The third-order valence-electron chi connectivity index (χ3n) is 2.32. The SMILES string of the molecule is CC(C)Cn1ncc(NCC(O)C(F)F)c(Br)c1=O. The lowest BCUT2D eigenvalue weighted by Crippen LogP contribution is -2.29. The third kappa shape index (κ3) is 4.54. The monoisotopic (exact) mass is 339 g/mol. The number of hydrogen-bond donors (Lipinski definition) is 2. The Morgan fingerprint density at radius 1 is 1.53 bits per heavy atom. The first-order valence-corrected chi connectivity index (χ1v) is 6.58. The number of nitrogens with one attached hydrogen (secondary N) is 1. The van der Waals surface area contributed by atoms with Gasteiger partial charge in [0.25, 0.3) is 12.0 Å². The summed E-state index contributed by atoms with van der Waals surface area (Å²) in [7, 11) is 0. The van der Waals surface area contributed by atoms with E-state index in [4.69, 9.17) is 5.11 Å². The molecule has 0 bridgehead atoms. The molecule has 1 aromatic heterocycles. The van der Waals surface area contributed by atoms with Gasteiger partial charge in [0.15, 0.2) is 0 Å². The molecule has 0 saturated heterocycles. The number of aliphatic hydroxyl groups excluding tert-OH is 1. The Bertz CT molecular complexity index is 479. The van der Waals surface area contributed by atoms with E-state index in [0.29, 0.717) is 6.54 Å². The van der Waals surface area contributed by atoms with E-state index >= 15 is 0 Å². The molecule has 0 aliphatic rings. The summed E-state index contributed by atoms with van der Waals surface area (Å²) in [5.41, 5.74) is -0.0602. The standard InChI is InChI=1S/C11H16BrF2N3O2/c1-6(2)5-17-11(19)9(12)7(3-16-17)15-4-8(18)10(13)14/h3,6,8,10,15,18H,4-5H2,1-2H3. The molecule has 0 spiro atoms. The zero-order chi connectivity index (χ0) is 14.6.